The molecule has 0 aromatic heterocycles. The third-order valence-corrected chi connectivity index (χ3v) is 0.503. The lowest BCUT2D eigenvalue weighted by molar-refractivity contribution is 0.746. The Morgan fingerprint density at radius 1 is 1.50 bits per heavy atom. The number of hydrazine groups is 1. The summed E-state index contributed by atoms with van der Waals surface area (Å²) in [5.41, 5.74) is 5.35. The molecule has 2 N–H and O–H groups in total. The van der Waals surface area contributed by atoms with Gasteiger partial charge in [-0.2, -0.15) is 0 Å². The monoisotopic (exact) mass is 81.0 g/mol. The maximum atomic E-state index is 2.71. The molecule has 0 aromatic carbocycles. The Morgan fingerprint density at radius 3 is 2.67 bits per heavy atom. The summed E-state index contributed by atoms with van der Waals surface area (Å²) in [7, 11) is 0. The molecule has 0 saturated carbocycles. The van der Waals surface area contributed by atoms with Crippen LogP contribution < -0.4 is 10.9 Å². The van der Waals surface area contributed by atoms with Crippen LogP contribution in [0, 0.1) is 6.20 Å². The molecular weight excluding hydrogens is 76.1 g/mol. The van der Waals surface area contributed by atoms with Crippen molar-refractivity contribution in [2.24, 2.45) is 0 Å². The third-order valence-electron chi connectivity index (χ3n) is 0.503. The highest BCUT2D eigenvalue weighted by atomic mass is 15.3. The van der Waals surface area contributed by atoms with Gasteiger partial charge in [-0.05, 0) is 12.2 Å². The summed E-state index contributed by atoms with van der Waals surface area (Å²) >= 11 is 0. The predicted molar refractivity (Wildman–Crippen MR) is 23.2 cm³/mol. The van der Waals surface area contributed by atoms with Crippen molar-refractivity contribution in [1.29, 1.82) is 0 Å². The van der Waals surface area contributed by atoms with Crippen molar-refractivity contribution in [2.75, 3.05) is 0 Å². The van der Waals surface area contributed by atoms with Crippen molar-refractivity contribution in [1.82, 2.24) is 10.9 Å². The van der Waals surface area contributed by atoms with Gasteiger partial charge in [-0.25, -0.2) is 0 Å². The smallest absolute Gasteiger partial charge is 0.0789 e. The summed E-state index contributed by atoms with van der Waals surface area (Å²) in [6, 6.07) is 0. The summed E-state index contributed by atoms with van der Waals surface area (Å²) in [5, 5.41) is 0. The van der Waals surface area contributed by atoms with E-state index in [2.05, 4.69) is 17.1 Å². The second-order valence-electron chi connectivity index (χ2n) is 0.939. The maximum Gasteiger partial charge on any atom is 0.0789 e. The Kier molecular flexibility index (Phi) is 0.819. The number of nitrogens with one attached hydrogen (secondary N) is 2. The molecule has 1 radical (unpaired) electrons. The lowest BCUT2D eigenvalue weighted by Crippen LogP contribution is -2.22. The van der Waals surface area contributed by atoms with Gasteiger partial charge in [-0.1, -0.05) is 0 Å². The fraction of sp³-hybridized carbons (Fsp3) is 0. The van der Waals surface area contributed by atoms with Gasteiger partial charge in [0.15, 0.2) is 0 Å². The molecule has 1 aliphatic heterocycles. The van der Waals surface area contributed by atoms with E-state index in [1.54, 1.807) is 12.3 Å². The fourth-order valence-corrected chi connectivity index (χ4v) is 0.269. The Labute approximate surface area is 36.5 Å². The van der Waals surface area contributed by atoms with Crippen molar-refractivity contribution in [2.45, 2.75) is 0 Å². The summed E-state index contributed by atoms with van der Waals surface area (Å²) in [6.07, 6.45) is 8.15. The van der Waals surface area contributed by atoms with Gasteiger partial charge in [0.2, 0.25) is 0 Å². The minimum atomic E-state index is 1.79. The normalized spacial score (nSPS) is 16.0. The zero-order valence-electron chi connectivity index (χ0n) is 3.23. The molecule has 0 unspecified atom stereocenters. The molecule has 0 saturated heterocycles. The van der Waals surface area contributed by atoms with E-state index in [0.717, 1.165) is 0 Å². The van der Waals surface area contributed by atoms with Gasteiger partial charge in [0, 0.05) is 6.20 Å². The van der Waals surface area contributed by atoms with E-state index in [-0.39, 0.29) is 0 Å². The van der Waals surface area contributed by atoms with Crippen LogP contribution in [0.5, 0.6) is 0 Å². The first-order chi connectivity index (χ1) is 3.00. The van der Waals surface area contributed by atoms with Gasteiger partial charge in [0.05, 0.1) is 6.20 Å². The molecule has 1 aliphatic rings. The highest BCUT2D eigenvalue weighted by molar-refractivity contribution is 4.99. The first kappa shape index (κ1) is 3.28. The second-order valence-corrected chi connectivity index (χ2v) is 0.939. The van der Waals surface area contributed by atoms with E-state index in [1.807, 2.05) is 6.08 Å². The highest BCUT2D eigenvalue weighted by Crippen LogP contribution is 1.72. The third kappa shape index (κ3) is 0.516. The Morgan fingerprint density at radius 2 is 2.50 bits per heavy atom. The molecule has 0 bridgehead atoms. The molecule has 6 heavy (non-hydrogen) atoms. The van der Waals surface area contributed by atoms with Crippen molar-refractivity contribution in [3.63, 3.8) is 0 Å². The van der Waals surface area contributed by atoms with Gasteiger partial charge >= 0.3 is 0 Å². The zero-order valence-corrected chi connectivity index (χ0v) is 3.23. The highest BCUT2D eigenvalue weighted by Gasteiger charge is 1.71. The van der Waals surface area contributed by atoms with E-state index >= 15 is 0 Å². The van der Waals surface area contributed by atoms with Crippen molar-refractivity contribution < 1.29 is 0 Å². The SMILES string of the molecule is [C]1=CC=CNN1. The van der Waals surface area contributed by atoms with E-state index < -0.39 is 0 Å². The molecule has 0 atom stereocenters. The lowest BCUT2D eigenvalue weighted by atomic mass is 10.5. The molecule has 2 heteroatoms. The minimum absolute atomic E-state index is 1.79. The van der Waals surface area contributed by atoms with Crippen LogP contribution >= 0.6 is 0 Å². The number of hydrogen-bond acceptors (Lipinski definition) is 2. The molecule has 0 spiro atoms. The van der Waals surface area contributed by atoms with Gasteiger partial charge in [-0.3, -0.25) is 5.43 Å². The van der Waals surface area contributed by atoms with Crippen molar-refractivity contribution in [3.8, 4) is 0 Å². The molecule has 0 aliphatic carbocycles. The average Bonchev–Trinajstić information content (AvgIpc) is 1.72. The Bertz CT molecular complexity index is 71.5. The maximum absolute atomic E-state index is 2.71. The molecule has 0 amide bonds. The zero-order chi connectivity index (χ0) is 4.24. The number of hydrogen-bond donors (Lipinski definition) is 2. The Hall–Kier alpha value is -0.920. The number of rotatable bonds is 0. The minimum Gasteiger partial charge on any atom is -0.308 e. The predicted octanol–water partition coefficient (Wildman–Crippen LogP) is -0.0752. The standard InChI is InChI=1S/C4H5N2/c1-2-4-6-5-3-1/h1-3,5-6H. The summed E-state index contributed by atoms with van der Waals surface area (Å²) in [4.78, 5) is 0. The molecule has 0 aromatic rings. The van der Waals surface area contributed by atoms with Crippen LogP contribution in [0.15, 0.2) is 18.4 Å². The fourth-order valence-electron chi connectivity index (χ4n) is 0.269. The van der Waals surface area contributed by atoms with Gasteiger partial charge in [-0.15, -0.1) is 0 Å². The van der Waals surface area contributed by atoms with E-state index in [4.69, 9.17) is 0 Å². The largest absolute Gasteiger partial charge is 0.308 e. The quantitative estimate of drug-likeness (QED) is 0.426. The van der Waals surface area contributed by atoms with Crippen LogP contribution in [0.25, 0.3) is 0 Å². The van der Waals surface area contributed by atoms with Crippen molar-refractivity contribution in [3.05, 3.63) is 24.6 Å². The second kappa shape index (κ2) is 1.50. The topological polar surface area (TPSA) is 24.1 Å². The van der Waals surface area contributed by atoms with Crippen LogP contribution in [0.1, 0.15) is 0 Å². The summed E-state index contributed by atoms with van der Waals surface area (Å²) in [6.45, 7) is 0. The van der Waals surface area contributed by atoms with Crippen molar-refractivity contribution >= 4 is 0 Å². The van der Waals surface area contributed by atoms with E-state index in [0.29, 0.717) is 0 Å². The van der Waals surface area contributed by atoms with Crippen LogP contribution in [0.4, 0.5) is 0 Å². The van der Waals surface area contributed by atoms with E-state index in [1.165, 1.54) is 0 Å². The first-order valence-corrected chi connectivity index (χ1v) is 1.74. The van der Waals surface area contributed by atoms with Crippen LogP contribution in [0.3, 0.4) is 0 Å². The van der Waals surface area contributed by atoms with Crippen LogP contribution in [-0.4, -0.2) is 0 Å². The molecule has 1 rings (SSSR count). The Balaban J connectivity index is 2.46. The lowest BCUT2D eigenvalue weighted by Gasteiger charge is -1.97. The average molecular weight is 81.1 g/mol. The molecule has 1 heterocycles. The number of allylic oxidation sites excluding steroid dienone is 2. The van der Waals surface area contributed by atoms with Gasteiger partial charge in [0.25, 0.3) is 0 Å². The summed E-state index contributed by atoms with van der Waals surface area (Å²) < 4.78 is 0. The molecular formula is C4H5N2. The van der Waals surface area contributed by atoms with Gasteiger partial charge < -0.3 is 5.43 Å². The van der Waals surface area contributed by atoms with Crippen LogP contribution in [-0.2, 0) is 0 Å². The molecule has 0 fully saturated rings. The molecule has 31 valence electrons. The molecule has 2 nitrogen and oxygen atoms in total. The van der Waals surface area contributed by atoms with E-state index in [9.17, 15) is 0 Å². The first-order valence-electron chi connectivity index (χ1n) is 1.74. The van der Waals surface area contributed by atoms with Gasteiger partial charge in [0.1, 0.15) is 0 Å². The summed E-state index contributed by atoms with van der Waals surface area (Å²) in [5.74, 6) is 0. The van der Waals surface area contributed by atoms with Crippen LogP contribution in [0.2, 0.25) is 0 Å².